The number of nitrogens with zero attached hydrogens (tertiary/aromatic N) is 3. The molecule has 4 rings (SSSR count). The first-order valence-corrected chi connectivity index (χ1v) is 10.9. The van der Waals surface area contributed by atoms with Gasteiger partial charge in [0.05, 0.1) is 11.7 Å². The number of likely N-dealkylation sites (tertiary alicyclic amines) is 1. The van der Waals surface area contributed by atoms with E-state index in [1.807, 2.05) is 19.1 Å². The first-order valence-electron chi connectivity index (χ1n) is 10.9. The van der Waals surface area contributed by atoms with Gasteiger partial charge in [-0.05, 0) is 52.2 Å². The molecule has 1 aliphatic heterocycles. The summed E-state index contributed by atoms with van der Waals surface area (Å²) in [6.45, 7) is 8.27. The standard InChI is InChI=1S/C23H30N4O3/c1-15-8-9-20-18(12-15)22-19(23(29)30-20)13-25-27(22)14-21(28)24-10-5-11-26-16(2)6-4-7-17(26)3/h8-9,12-13,16-17H,4-7,10-11,14H2,1-3H3,(H,24,28)/t16-,17+. The Bertz CT molecular complexity index is 1110. The lowest BCUT2D eigenvalue weighted by atomic mass is 9.97. The van der Waals surface area contributed by atoms with Crippen molar-refractivity contribution < 1.29 is 9.21 Å². The molecule has 0 spiro atoms. The van der Waals surface area contributed by atoms with E-state index in [9.17, 15) is 9.59 Å². The highest BCUT2D eigenvalue weighted by atomic mass is 16.4. The molecule has 7 nitrogen and oxygen atoms in total. The highest BCUT2D eigenvalue weighted by Gasteiger charge is 2.23. The summed E-state index contributed by atoms with van der Waals surface area (Å²) in [7, 11) is 0. The van der Waals surface area contributed by atoms with Crippen molar-refractivity contribution in [1.29, 1.82) is 0 Å². The second-order valence-corrected chi connectivity index (χ2v) is 8.52. The molecule has 1 N–H and O–H groups in total. The highest BCUT2D eigenvalue weighted by Crippen LogP contribution is 2.24. The molecule has 0 bridgehead atoms. The Labute approximate surface area is 176 Å². The zero-order valence-electron chi connectivity index (χ0n) is 18.0. The summed E-state index contributed by atoms with van der Waals surface area (Å²) in [4.78, 5) is 27.3. The molecule has 1 aliphatic rings. The minimum absolute atomic E-state index is 0.0759. The van der Waals surface area contributed by atoms with Crippen molar-refractivity contribution in [1.82, 2.24) is 20.0 Å². The molecule has 3 heterocycles. The van der Waals surface area contributed by atoms with E-state index in [2.05, 4.69) is 29.2 Å². The van der Waals surface area contributed by atoms with E-state index < -0.39 is 5.63 Å². The second-order valence-electron chi connectivity index (χ2n) is 8.52. The fourth-order valence-electron chi connectivity index (χ4n) is 4.61. The maximum Gasteiger partial charge on any atom is 0.347 e. The quantitative estimate of drug-likeness (QED) is 0.499. The normalized spacial score (nSPS) is 20.1. The van der Waals surface area contributed by atoms with Crippen LogP contribution in [0.5, 0.6) is 0 Å². The van der Waals surface area contributed by atoms with Gasteiger partial charge in [-0.15, -0.1) is 0 Å². The minimum Gasteiger partial charge on any atom is -0.422 e. The summed E-state index contributed by atoms with van der Waals surface area (Å²) < 4.78 is 6.98. The predicted molar refractivity (Wildman–Crippen MR) is 118 cm³/mol. The number of piperidine rings is 1. The van der Waals surface area contributed by atoms with Gasteiger partial charge >= 0.3 is 5.63 Å². The van der Waals surface area contributed by atoms with E-state index in [-0.39, 0.29) is 12.5 Å². The zero-order valence-corrected chi connectivity index (χ0v) is 18.0. The third kappa shape index (κ3) is 4.12. The Morgan fingerprint density at radius 1 is 1.23 bits per heavy atom. The van der Waals surface area contributed by atoms with Crippen molar-refractivity contribution in [3.05, 3.63) is 40.4 Å². The van der Waals surface area contributed by atoms with Crippen LogP contribution in [0, 0.1) is 6.92 Å². The van der Waals surface area contributed by atoms with Crippen molar-refractivity contribution >= 4 is 27.8 Å². The predicted octanol–water partition coefficient (Wildman–Crippen LogP) is 3.22. The van der Waals surface area contributed by atoms with Crippen LogP contribution in [0.1, 0.15) is 45.1 Å². The molecular formula is C23H30N4O3. The number of hydrogen-bond acceptors (Lipinski definition) is 5. The molecule has 1 aromatic carbocycles. The summed E-state index contributed by atoms with van der Waals surface area (Å²) >= 11 is 0. The maximum atomic E-state index is 12.5. The number of aryl methyl sites for hydroxylation is 1. The largest absolute Gasteiger partial charge is 0.422 e. The Morgan fingerprint density at radius 2 is 2.00 bits per heavy atom. The molecule has 3 aromatic rings. The van der Waals surface area contributed by atoms with Crippen LogP contribution in [-0.4, -0.2) is 45.8 Å². The number of nitrogens with one attached hydrogen (secondary N) is 1. The molecule has 160 valence electrons. The summed E-state index contributed by atoms with van der Waals surface area (Å²) in [5.74, 6) is -0.103. The van der Waals surface area contributed by atoms with Crippen molar-refractivity contribution in [3.8, 4) is 0 Å². The third-order valence-corrected chi connectivity index (χ3v) is 6.24. The van der Waals surface area contributed by atoms with Gasteiger partial charge < -0.3 is 9.73 Å². The molecule has 30 heavy (non-hydrogen) atoms. The molecule has 0 unspecified atom stereocenters. The first-order chi connectivity index (χ1) is 14.4. The summed E-state index contributed by atoms with van der Waals surface area (Å²) in [6.07, 6.45) is 6.22. The topological polar surface area (TPSA) is 80.4 Å². The number of fused-ring (bicyclic) bond motifs is 3. The van der Waals surface area contributed by atoms with E-state index in [4.69, 9.17) is 4.42 Å². The molecule has 2 aromatic heterocycles. The average Bonchev–Trinajstić information content (AvgIpc) is 3.12. The number of benzene rings is 1. The van der Waals surface area contributed by atoms with Crippen LogP contribution in [0.25, 0.3) is 21.9 Å². The molecule has 1 amide bonds. The Hall–Kier alpha value is -2.67. The summed E-state index contributed by atoms with van der Waals surface area (Å²) in [6, 6.07) is 6.87. The van der Waals surface area contributed by atoms with Crippen LogP contribution < -0.4 is 10.9 Å². The van der Waals surface area contributed by atoms with Crippen LogP contribution >= 0.6 is 0 Å². The fourth-order valence-corrected chi connectivity index (χ4v) is 4.61. The van der Waals surface area contributed by atoms with E-state index in [1.54, 1.807) is 10.7 Å². The van der Waals surface area contributed by atoms with Crippen LogP contribution in [-0.2, 0) is 11.3 Å². The number of carbonyl (C=O) groups excluding carboxylic acids is 1. The average molecular weight is 411 g/mol. The van der Waals surface area contributed by atoms with E-state index in [0.29, 0.717) is 35.1 Å². The number of rotatable bonds is 6. The van der Waals surface area contributed by atoms with E-state index in [0.717, 1.165) is 23.9 Å². The summed E-state index contributed by atoms with van der Waals surface area (Å²) in [5.41, 5.74) is 1.77. The van der Waals surface area contributed by atoms with Gasteiger partial charge in [0.2, 0.25) is 5.91 Å². The van der Waals surface area contributed by atoms with Gasteiger partial charge in [-0.1, -0.05) is 18.1 Å². The smallest absolute Gasteiger partial charge is 0.347 e. The number of aromatic nitrogens is 2. The first kappa shape index (κ1) is 20.6. The lowest BCUT2D eigenvalue weighted by Gasteiger charge is -2.39. The fraction of sp³-hybridized carbons (Fsp3) is 0.522. The minimum atomic E-state index is -0.433. The molecule has 7 heteroatoms. The second kappa shape index (κ2) is 8.60. The van der Waals surface area contributed by atoms with Crippen LogP contribution in [0.4, 0.5) is 0 Å². The number of amides is 1. The van der Waals surface area contributed by atoms with Crippen LogP contribution in [0.15, 0.2) is 33.6 Å². The Balaban J connectivity index is 1.42. The van der Waals surface area contributed by atoms with Crippen molar-refractivity contribution in [3.63, 3.8) is 0 Å². The van der Waals surface area contributed by atoms with Crippen LogP contribution in [0.3, 0.4) is 0 Å². The third-order valence-electron chi connectivity index (χ3n) is 6.24. The molecule has 1 saturated heterocycles. The van der Waals surface area contributed by atoms with Gasteiger partial charge in [0.25, 0.3) is 0 Å². The van der Waals surface area contributed by atoms with E-state index >= 15 is 0 Å². The van der Waals surface area contributed by atoms with Crippen molar-refractivity contribution in [2.24, 2.45) is 0 Å². The lowest BCUT2D eigenvalue weighted by Crippen LogP contribution is -2.44. The Morgan fingerprint density at radius 3 is 2.77 bits per heavy atom. The number of carbonyl (C=O) groups is 1. The highest BCUT2D eigenvalue weighted by molar-refractivity contribution is 6.02. The van der Waals surface area contributed by atoms with Gasteiger partial charge in [0.1, 0.15) is 17.5 Å². The number of hydrogen-bond donors (Lipinski definition) is 1. The van der Waals surface area contributed by atoms with Crippen molar-refractivity contribution in [2.45, 2.75) is 65.1 Å². The molecule has 0 aliphatic carbocycles. The Kier molecular flexibility index (Phi) is 5.90. The molecule has 0 saturated carbocycles. The van der Waals surface area contributed by atoms with Gasteiger partial charge in [0, 0.05) is 30.6 Å². The van der Waals surface area contributed by atoms with Gasteiger partial charge in [-0.2, -0.15) is 5.10 Å². The van der Waals surface area contributed by atoms with Gasteiger partial charge in [0.15, 0.2) is 0 Å². The molecule has 0 radical (unpaired) electrons. The molecule has 2 atom stereocenters. The SMILES string of the molecule is Cc1ccc2oc(=O)c3cnn(CC(=O)NCCCN4[C@H](C)CCC[C@@H]4C)c3c2c1. The van der Waals surface area contributed by atoms with Gasteiger partial charge in [-0.3, -0.25) is 14.4 Å². The zero-order chi connectivity index (χ0) is 21.3. The van der Waals surface area contributed by atoms with Gasteiger partial charge in [-0.25, -0.2) is 4.79 Å². The van der Waals surface area contributed by atoms with Crippen LogP contribution in [0.2, 0.25) is 0 Å². The monoisotopic (exact) mass is 410 g/mol. The van der Waals surface area contributed by atoms with E-state index in [1.165, 1.54) is 25.5 Å². The van der Waals surface area contributed by atoms with Crippen molar-refractivity contribution in [2.75, 3.05) is 13.1 Å². The lowest BCUT2D eigenvalue weighted by molar-refractivity contribution is -0.121. The molecular weight excluding hydrogens is 380 g/mol. The summed E-state index contributed by atoms with van der Waals surface area (Å²) in [5, 5.41) is 8.48. The maximum absolute atomic E-state index is 12.5. The molecule has 1 fully saturated rings.